The molecule has 1 aromatic carbocycles. The summed E-state index contributed by atoms with van der Waals surface area (Å²) in [5, 5.41) is 19.5. The van der Waals surface area contributed by atoms with Crippen LogP contribution in [0.15, 0.2) is 24.3 Å². The number of aliphatic hydroxyl groups is 1. The number of carboxylic acid groups (broad SMARTS) is 1. The number of halogens is 1. The summed E-state index contributed by atoms with van der Waals surface area (Å²) in [5.74, 6) is 0.140. The highest BCUT2D eigenvalue weighted by Gasteiger charge is 2.31. The van der Waals surface area contributed by atoms with E-state index in [4.69, 9.17) is 0 Å². The molecule has 2 aromatic rings. The van der Waals surface area contributed by atoms with E-state index < -0.39 is 11.9 Å². The molecule has 0 saturated heterocycles. The van der Waals surface area contributed by atoms with Crippen LogP contribution in [0.5, 0.6) is 0 Å². The molecular formula is C22H29IN2O3. The Balaban J connectivity index is 1.81. The van der Waals surface area contributed by atoms with E-state index in [-0.39, 0.29) is 12.5 Å². The lowest BCUT2D eigenvalue weighted by Gasteiger charge is -2.20. The van der Waals surface area contributed by atoms with Gasteiger partial charge in [-0.3, -0.25) is 4.79 Å². The Morgan fingerprint density at radius 1 is 1.29 bits per heavy atom. The summed E-state index contributed by atoms with van der Waals surface area (Å²) in [5.41, 5.74) is 2.85. The van der Waals surface area contributed by atoms with Gasteiger partial charge in [0.05, 0.1) is 18.2 Å². The maximum absolute atomic E-state index is 11.9. The van der Waals surface area contributed by atoms with Crippen molar-refractivity contribution >= 4 is 28.6 Å². The number of hydrogen-bond acceptors (Lipinski definition) is 3. The van der Waals surface area contributed by atoms with Crippen molar-refractivity contribution in [1.29, 1.82) is 0 Å². The molecule has 1 saturated carbocycles. The summed E-state index contributed by atoms with van der Waals surface area (Å²) < 4.78 is 2.97. The van der Waals surface area contributed by atoms with Gasteiger partial charge in [0.1, 0.15) is 9.53 Å². The molecule has 1 heterocycles. The standard InChI is InChI=1S/C22H29IN2O3/c1-2-3-8-19-24-21(23)18(14-26)25(19)13-15-9-11-17(12-10-15)20(22(27)28)16-6-4-5-7-16/h9-12,16,20,26H,2-8,13-14H2,1H3,(H,27,28). The van der Waals surface area contributed by atoms with Crippen LogP contribution >= 0.6 is 22.6 Å². The number of unbranched alkanes of at least 4 members (excludes halogenated alkanes) is 1. The number of aromatic nitrogens is 2. The number of aliphatic hydroxyl groups excluding tert-OH is 1. The van der Waals surface area contributed by atoms with Gasteiger partial charge in [-0.05, 0) is 58.9 Å². The Bertz CT molecular complexity index is 795. The molecule has 0 radical (unpaired) electrons. The maximum Gasteiger partial charge on any atom is 0.311 e. The minimum atomic E-state index is -0.715. The summed E-state index contributed by atoms with van der Waals surface area (Å²) in [6.07, 6.45) is 7.35. The number of imidazole rings is 1. The van der Waals surface area contributed by atoms with Crippen LogP contribution in [0.4, 0.5) is 0 Å². The smallest absolute Gasteiger partial charge is 0.311 e. The average molecular weight is 496 g/mol. The third-order valence-corrected chi connectivity index (χ3v) is 6.69. The molecule has 0 bridgehead atoms. The summed E-state index contributed by atoms with van der Waals surface area (Å²) in [4.78, 5) is 16.5. The van der Waals surface area contributed by atoms with E-state index in [1.54, 1.807) is 0 Å². The molecule has 1 aliphatic rings. The number of rotatable bonds is 9. The number of benzene rings is 1. The van der Waals surface area contributed by atoms with E-state index >= 15 is 0 Å². The van der Waals surface area contributed by atoms with Gasteiger partial charge in [0.25, 0.3) is 0 Å². The molecule has 2 N–H and O–H groups in total. The van der Waals surface area contributed by atoms with Crippen molar-refractivity contribution in [3.63, 3.8) is 0 Å². The zero-order chi connectivity index (χ0) is 20.1. The fraction of sp³-hybridized carbons (Fsp3) is 0.545. The SMILES string of the molecule is CCCCc1nc(I)c(CO)n1Cc1ccc(C(C(=O)O)C2CCCC2)cc1. The lowest BCUT2D eigenvalue weighted by Crippen LogP contribution is -2.19. The molecule has 0 aliphatic heterocycles. The second-order valence-corrected chi connectivity index (χ2v) is 8.74. The number of aliphatic carboxylic acids is 1. The Kier molecular flexibility index (Phi) is 7.51. The molecule has 152 valence electrons. The van der Waals surface area contributed by atoms with Crippen LogP contribution < -0.4 is 0 Å². The monoisotopic (exact) mass is 496 g/mol. The molecule has 0 spiro atoms. The van der Waals surface area contributed by atoms with Crippen molar-refractivity contribution in [2.24, 2.45) is 5.92 Å². The van der Waals surface area contributed by atoms with Crippen LogP contribution in [-0.4, -0.2) is 25.7 Å². The van der Waals surface area contributed by atoms with Crippen LogP contribution in [0, 0.1) is 9.62 Å². The van der Waals surface area contributed by atoms with Crippen LogP contribution in [0.1, 0.15) is 74.0 Å². The van der Waals surface area contributed by atoms with Crippen molar-refractivity contribution in [3.8, 4) is 0 Å². The molecule has 1 unspecified atom stereocenters. The first-order valence-electron chi connectivity index (χ1n) is 10.2. The molecular weight excluding hydrogens is 467 g/mol. The zero-order valence-electron chi connectivity index (χ0n) is 16.4. The molecule has 1 aliphatic carbocycles. The van der Waals surface area contributed by atoms with Gasteiger partial charge in [-0.15, -0.1) is 0 Å². The Labute approximate surface area is 180 Å². The van der Waals surface area contributed by atoms with Gasteiger partial charge in [0, 0.05) is 13.0 Å². The van der Waals surface area contributed by atoms with E-state index in [2.05, 4.69) is 39.1 Å². The van der Waals surface area contributed by atoms with Gasteiger partial charge in [0.2, 0.25) is 0 Å². The fourth-order valence-corrected chi connectivity index (χ4v) is 5.03. The highest BCUT2D eigenvalue weighted by atomic mass is 127. The molecule has 6 heteroatoms. The molecule has 5 nitrogen and oxygen atoms in total. The van der Waals surface area contributed by atoms with E-state index in [0.29, 0.717) is 6.54 Å². The van der Waals surface area contributed by atoms with Crippen LogP contribution in [0.25, 0.3) is 0 Å². The van der Waals surface area contributed by atoms with Crippen molar-refractivity contribution in [2.45, 2.75) is 70.9 Å². The first-order chi connectivity index (χ1) is 13.5. The number of nitrogens with zero attached hydrogens (tertiary/aromatic N) is 2. The minimum absolute atomic E-state index is 0.0295. The van der Waals surface area contributed by atoms with Gasteiger partial charge in [-0.25, -0.2) is 4.98 Å². The second kappa shape index (κ2) is 9.87. The molecule has 1 fully saturated rings. The summed E-state index contributed by atoms with van der Waals surface area (Å²) >= 11 is 2.19. The Hall–Kier alpha value is -1.41. The predicted molar refractivity (Wildman–Crippen MR) is 117 cm³/mol. The lowest BCUT2D eigenvalue weighted by atomic mass is 9.84. The maximum atomic E-state index is 11.9. The van der Waals surface area contributed by atoms with Gasteiger partial charge in [-0.2, -0.15) is 0 Å². The number of hydrogen-bond donors (Lipinski definition) is 2. The number of aryl methyl sites for hydroxylation is 1. The average Bonchev–Trinajstić information content (AvgIpc) is 3.29. The largest absolute Gasteiger partial charge is 0.481 e. The molecule has 28 heavy (non-hydrogen) atoms. The van der Waals surface area contributed by atoms with Crippen LogP contribution in [0.2, 0.25) is 0 Å². The van der Waals surface area contributed by atoms with Crippen molar-refractivity contribution in [3.05, 3.63) is 50.6 Å². The third-order valence-electron chi connectivity index (χ3n) is 5.82. The fourth-order valence-electron chi connectivity index (χ4n) is 4.29. The molecule has 0 amide bonds. The predicted octanol–water partition coefficient (Wildman–Crippen LogP) is 4.73. The quantitative estimate of drug-likeness (QED) is 0.493. The number of carboxylic acids is 1. The molecule has 1 aromatic heterocycles. The van der Waals surface area contributed by atoms with Gasteiger partial charge in [-0.1, -0.05) is 50.5 Å². The van der Waals surface area contributed by atoms with E-state index in [0.717, 1.165) is 71.3 Å². The van der Waals surface area contributed by atoms with Crippen molar-refractivity contribution in [2.75, 3.05) is 0 Å². The first kappa shape index (κ1) is 21.3. The number of carbonyl (C=O) groups is 1. The Morgan fingerprint density at radius 2 is 1.96 bits per heavy atom. The summed E-state index contributed by atoms with van der Waals surface area (Å²) in [6.45, 7) is 2.78. The van der Waals surface area contributed by atoms with Gasteiger partial charge >= 0.3 is 5.97 Å². The lowest BCUT2D eigenvalue weighted by molar-refractivity contribution is -0.140. The first-order valence-corrected chi connectivity index (χ1v) is 11.3. The minimum Gasteiger partial charge on any atom is -0.481 e. The van der Waals surface area contributed by atoms with Crippen molar-refractivity contribution in [1.82, 2.24) is 9.55 Å². The van der Waals surface area contributed by atoms with Crippen LogP contribution in [-0.2, 0) is 24.4 Å². The second-order valence-electron chi connectivity index (χ2n) is 7.72. The molecule has 1 atom stereocenters. The van der Waals surface area contributed by atoms with E-state index in [1.807, 2.05) is 24.3 Å². The van der Waals surface area contributed by atoms with Gasteiger partial charge < -0.3 is 14.8 Å². The van der Waals surface area contributed by atoms with E-state index in [9.17, 15) is 15.0 Å². The normalized spacial score (nSPS) is 15.8. The molecule has 3 rings (SSSR count). The van der Waals surface area contributed by atoms with Gasteiger partial charge in [0.15, 0.2) is 0 Å². The highest BCUT2D eigenvalue weighted by Crippen LogP contribution is 2.37. The third kappa shape index (κ3) is 4.76. The van der Waals surface area contributed by atoms with E-state index in [1.165, 1.54) is 0 Å². The highest BCUT2D eigenvalue weighted by molar-refractivity contribution is 14.1. The Morgan fingerprint density at radius 3 is 2.54 bits per heavy atom. The van der Waals surface area contributed by atoms with Crippen LogP contribution in [0.3, 0.4) is 0 Å². The summed E-state index contributed by atoms with van der Waals surface area (Å²) in [6, 6.07) is 7.99. The van der Waals surface area contributed by atoms with Crippen molar-refractivity contribution < 1.29 is 15.0 Å². The topological polar surface area (TPSA) is 75.4 Å². The summed E-state index contributed by atoms with van der Waals surface area (Å²) in [7, 11) is 0. The zero-order valence-corrected chi connectivity index (χ0v) is 18.6.